The van der Waals surface area contributed by atoms with Crippen LogP contribution < -0.4 is 5.32 Å². The summed E-state index contributed by atoms with van der Waals surface area (Å²) < 4.78 is 42.8. The third-order valence-electron chi connectivity index (χ3n) is 3.88. The number of rotatable bonds is 7. The molecule has 0 aliphatic heterocycles. The van der Waals surface area contributed by atoms with E-state index in [1.807, 2.05) is 6.07 Å². The summed E-state index contributed by atoms with van der Waals surface area (Å²) in [6.07, 6.45) is 0. The Morgan fingerprint density at radius 2 is 1.77 bits per heavy atom. The van der Waals surface area contributed by atoms with Crippen LogP contribution in [0.3, 0.4) is 0 Å². The molecule has 3 aromatic rings. The lowest BCUT2D eigenvalue weighted by Crippen LogP contribution is -2.23. The topological polar surface area (TPSA) is 102 Å². The number of esters is 1. The van der Waals surface area contributed by atoms with E-state index in [9.17, 15) is 22.4 Å². The van der Waals surface area contributed by atoms with Gasteiger partial charge in [0, 0.05) is 5.56 Å². The molecule has 30 heavy (non-hydrogen) atoms. The second-order valence-corrected chi connectivity index (χ2v) is 9.03. The SMILES string of the molecule is CCOC(=O)c1sc(NC(=O)CS(=O)(=O)c2ccc(F)cc2)nc1-c1ccccc1. The number of benzene rings is 2. The van der Waals surface area contributed by atoms with E-state index in [0.29, 0.717) is 11.3 Å². The smallest absolute Gasteiger partial charge is 0.350 e. The van der Waals surface area contributed by atoms with E-state index in [1.165, 1.54) is 0 Å². The fourth-order valence-corrected chi connectivity index (χ4v) is 4.59. The zero-order chi connectivity index (χ0) is 21.7. The van der Waals surface area contributed by atoms with Gasteiger partial charge in [-0.1, -0.05) is 41.7 Å². The number of sulfone groups is 1. The van der Waals surface area contributed by atoms with Crippen LogP contribution in [0.15, 0.2) is 59.5 Å². The highest BCUT2D eigenvalue weighted by molar-refractivity contribution is 7.92. The number of nitrogens with zero attached hydrogens (tertiary/aromatic N) is 1. The van der Waals surface area contributed by atoms with Gasteiger partial charge in [0.1, 0.15) is 16.4 Å². The average Bonchev–Trinajstić information content (AvgIpc) is 3.12. The number of thiazole rings is 1. The van der Waals surface area contributed by atoms with Gasteiger partial charge in [-0.3, -0.25) is 4.79 Å². The molecule has 0 bridgehead atoms. The number of amides is 1. The Hall–Kier alpha value is -3.11. The maximum atomic E-state index is 13.0. The van der Waals surface area contributed by atoms with Crippen molar-refractivity contribution < 1.29 is 27.1 Å². The Kier molecular flexibility index (Phi) is 6.58. The zero-order valence-corrected chi connectivity index (χ0v) is 17.4. The minimum absolute atomic E-state index is 0.0659. The number of aromatic nitrogens is 1. The van der Waals surface area contributed by atoms with Gasteiger partial charge in [-0.25, -0.2) is 22.6 Å². The number of nitrogens with one attached hydrogen (secondary N) is 1. The van der Waals surface area contributed by atoms with Crippen LogP contribution in [-0.2, 0) is 19.4 Å². The molecule has 1 N–H and O–H groups in total. The molecule has 2 aromatic carbocycles. The summed E-state index contributed by atoms with van der Waals surface area (Å²) in [7, 11) is -3.97. The first-order valence-electron chi connectivity index (χ1n) is 8.81. The fraction of sp³-hybridized carbons (Fsp3) is 0.150. The highest BCUT2D eigenvalue weighted by atomic mass is 32.2. The molecule has 156 valence electrons. The van der Waals surface area contributed by atoms with E-state index in [0.717, 1.165) is 35.6 Å². The summed E-state index contributed by atoms with van der Waals surface area (Å²) >= 11 is 0.892. The summed E-state index contributed by atoms with van der Waals surface area (Å²) in [6.45, 7) is 1.84. The van der Waals surface area contributed by atoms with E-state index < -0.39 is 33.3 Å². The first-order chi connectivity index (χ1) is 14.3. The van der Waals surface area contributed by atoms with Crippen molar-refractivity contribution in [3.63, 3.8) is 0 Å². The molecular formula is C20H17FN2O5S2. The maximum absolute atomic E-state index is 13.0. The molecule has 10 heteroatoms. The third-order valence-corrected chi connectivity index (χ3v) is 6.46. The van der Waals surface area contributed by atoms with Crippen molar-refractivity contribution in [2.24, 2.45) is 0 Å². The number of hydrogen-bond donors (Lipinski definition) is 1. The van der Waals surface area contributed by atoms with Crippen molar-refractivity contribution in [3.8, 4) is 11.3 Å². The van der Waals surface area contributed by atoms with E-state index in [2.05, 4.69) is 10.3 Å². The molecule has 0 atom stereocenters. The van der Waals surface area contributed by atoms with Gasteiger partial charge in [-0.2, -0.15) is 0 Å². The molecule has 0 saturated carbocycles. The molecule has 3 rings (SSSR count). The Bertz CT molecular complexity index is 1160. The minimum atomic E-state index is -3.97. The summed E-state index contributed by atoms with van der Waals surface area (Å²) in [4.78, 5) is 28.9. The number of carbonyl (C=O) groups is 2. The summed E-state index contributed by atoms with van der Waals surface area (Å²) in [5.74, 6) is -2.86. The Balaban J connectivity index is 1.83. The zero-order valence-electron chi connectivity index (χ0n) is 15.8. The number of anilines is 1. The van der Waals surface area contributed by atoms with Gasteiger partial charge in [-0.05, 0) is 31.2 Å². The van der Waals surface area contributed by atoms with Crippen molar-refractivity contribution in [3.05, 3.63) is 65.3 Å². The molecule has 1 aromatic heterocycles. The van der Waals surface area contributed by atoms with Gasteiger partial charge in [0.05, 0.1) is 17.2 Å². The normalized spacial score (nSPS) is 11.1. The van der Waals surface area contributed by atoms with E-state index in [-0.39, 0.29) is 21.5 Å². The average molecular weight is 448 g/mol. The van der Waals surface area contributed by atoms with Crippen LogP contribution in [0.2, 0.25) is 0 Å². The fourth-order valence-electron chi connectivity index (χ4n) is 2.55. The van der Waals surface area contributed by atoms with Crippen molar-refractivity contribution in [2.45, 2.75) is 11.8 Å². The van der Waals surface area contributed by atoms with Crippen LogP contribution in [0.1, 0.15) is 16.6 Å². The van der Waals surface area contributed by atoms with E-state index >= 15 is 0 Å². The van der Waals surface area contributed by atoms with Gasteiger partial charge in [-0.15, -0.1) is 0 Å². The molecule has 1 heterocycles. The molecule has 7 nitrogen and oxygen atoms in total. The second kappa shape index (κ2) is 9.14. The lowest BCUT2D eigenvalue weighted by atomic mass is 10.1. The molecule has 0 aliphatic carbocycles. The van der Waals surface area contributed by atoms with Crippen LogP contribution in [-0.4, -0.2) is 37.6 Å². The molecule has 1 amide bonds. The first kappa shape index (κ1) is 21.6. The molecule has 0 saturated heterocycles. The Labute approximate surface area is 176 Å². The third kappa shape index (κ3) is 5.08. The molecular weight excluding hydrogens is 431 g/mol. The van der Waals surface area contributed by atoms with Gasteiger partial charge in [0.25, 0.3) is 0 Å². The van der Waals surface area contributed by atoms with Gasteiger partial charge in [0.15, 0.2) is 15.0 Å². The van der Waals surface area contributed by atoms with E-state index in [4.69, 9.17) is 4.74 Å². The van der Waals surface area contributed by atoms with Crippen molar-refractivity contribution in [2.75, 3.05) is 17.7 Å². The maximum Gasteiger partial charge on any atom is 0.350 e. The largest absolute Gasteiger partial charge is 0.462 e. The summed E-state index contributed by atoms with van der Waals surface area (Å²) in [5.41, 5.74) is 0.979. The summed E-state index contributed by atoms with van der Waals surface area (Å²) in [6, 6.07) is 13.1. The molecule has 0 unspecified atom stereocenters. The number of ether oxygens (including phenoxy) is 1. The minimum Gasteiger partial charge on any atom is -0.462 e. The molecule has 0 spiro atoms. The van der Waals surface area contributed by atoms with Gasteiger partial charge in [0.2, 0.25) is 5.91 Å². The standard InChI is InChI=1S/C20H17FN2O5S2/c1-2-28-19(25)18-17(13-6-4-3-5-7-13)23-20(29-18)22-16(24)12-30(26,27)15-10-8-14(21)9-11-15/h3-11H,2,12H2,1H3,(H,22,23,24). The predicted octanol–water partition coefficient (Wildman–Crippen LogP) is 3.54. The number of halogens is 1. The number of hydrogen-bond acceptors (Lipinski definition) is 7. The lowest BCUT2D eigenvalue weighted by Gasteiger charge is -2.04. The van der Waals surface area contributed by atoms with Crippen LogP contribution in [0.5, 0.6) is 0 Å². The Morgan fingerprint density at radius 3 is 2.40 bits per heavy atom. The quantitative estimate of drug-likeness (QED) is 0.438. The van der Waals surface area contributed by atoms with Crippen LogP contribution in [0, 0.1) is 5.82 Å². The van der Waals surface area contributed by atoms with E-state index in [1.54, 1.807) is 31.2 Å². The lowest BCUT2D eigenvalue weighted by molar-refractivity contribution is -0.113. The van der Waals surface area contributed by atoms with Crippen molar-refractivity contribution in [1.29, 1.82) is 0 Å². The second-order valence-electron chi connectivity index (χ2n) is 6.04. The highest BCUT2D eigenvalue weighted by Gasteiger charge is 2.24. The number of carbonyl (C=O) groups excluding carboxylic acids is 2. The van der Waals surface area contributed by atoms with Crippen molar-refractivity contribution >= 4 is 38.2 Å². The van der Waals surface area contributed by atoms with Gasteiger partial charge >= 0.3 is 5.97 Å². The summed E-state index contributed by atoms with van der Waals surface area (Å²) in [5, 5.41) is 2.48. The highest BCUT2D eigenvalue weighted by Crippen LogP contribution is 2.32. The van der Waals surface area contributed by atoms with Crippen LogP contribution in [0.4, 0.5) is 9.52 Å². The Morgan fingerprint density at radius 1 is 1.10 bits per heavy atom. The predicted molar refractivity (Wildman–Crippen MR) is 111 cm³/mol. The molecule has 0 aliphatic rings. The first-order valence-corrected chi connectivity index (χ1v) is 11.3. The van der Waals surface area contributed by atoms with Crippen LogP contribution >= 0.6 is 11.3 Å². The molecule has 0 radical (unpaired) electrons. The molecule has 0 fully saturated rings. The van der Waals surface area contributed by atoms with Crippen LogP contribution in [0.25, 0.3) is 11.3 Å². The van der Waals surface area contributed by atoms with Gasteiger partial charge < -0.3 is 10.1 Å². The monoisotopic (exact) mass is 448 g/mol. The van der Waals surface area contributed by atoms with Crippen molar-refractivity contribution in [1.82, 2.24) is 4.98 Å².